The standard InChI is InChI=1S/C11H17FN2OS/c1-8-3-4-9(2)14(8)16(15)10-5-6-11(12)13-7-10/h5-9,11,13H,3-4H2,1-2H3. The Morgan fingerprint density at radius 2 is 2.06 bits per heavy atom. The van der Waals surface area contributed by atoms with Crippen molar-refractivity contribution in [1.82, 2.24) is 9.62 Å². The molecule has 0 aromatic heterocycles. The Bertz CT molecular complexity index is 311. The average molecular weight is 244 g/mol. The fourth-order valence-corrected chi connectivity index (χ4v) is 3.65. The van der Waals surface area contributed by atoms with E-state index in [1.165, 1.54) is 12.3 Å². The summed E-state index contributed by atoms with van der Waals surface area (Å²) in [5.41, 5.74) is 0. The van der Waals surface area contributed by atoms with Crippen molar-refractivity contribution in [2.75, 3.05) is 0 Å². The zero-order chi connectivity index (χ0) is 11.7. The van der Waals surface area contributed by atoms with E-state index in [-0.39, 0.29) is 0 Å². The third-order valence-corrected chi connectivity index (χ3v) is 4.84. The van der Waals surface area contributed by atoms with E-state index in [2.05, 4.69) is 19.2 Å². The van der Waals surface area contributed by atoms with E-state index in [1.54, 1.807) is 6.08 Å². The van der Waals surface area contributed by atoms with Crippen LogP contribution in [0.2, 0.25) is 0 Å². The van der Waals surface area contributed by atoms with Gasteiger partial charge in [-0.15, -0.1) is 4.31 Å². The summed E-state index contributed by atoms with van der Waals surface area (Å²) in [6, 6.07) is 0.654. The van der Waals surface area contributed by atoms with Crippen LogP contribution in [0.1, 0.15) is 26.7 Å². The van der Waals surface area contributed by atoms with Crippen LogP contribution in [0.3, 0.4) is 0 Å². The van der Waals surface area contributed by atoms with Crippen LogP contribution in [0, 0.1) is 0 Å². The van der Waals surface area contributed by atoms with Crippen molar-refractivity contribution in [3.8, 4) is 0 Å². The Balaban J connectivity index is 2.07. The lowest BCUT2D eigenvalue weighted by Gasteiger charge is -2.28. The van der Waals surface area contributed by atoms with Gasteiger partial charge in [0, 0.05) is 0 Å². The molecule has 2 aliphatic rings. The first-order chi connectivity index (χ1) is 7.59. The highest BCUT2D eigenvalue weighted by Gasteiger charge is 2.38. The van der Waals surface area contributed by atoms with Gasteiger partial charge >= 0.3 is 0 Å². The van der Waals surface area contributed by atoms with E-state index in [9.17, 15) is 8.94 Å². The van der Waals surface area contributed by atoms with Gasteiger partial charge in [0.25, 0.3) is 0 Å². The van der Waals surface area contributed by atoms with E-state index in [0.717, 1.165) is 12.8 Å². The molecule has 1 fully saturated rings. The molecular formula is C11H17FN2OS. The van der Waals surface area contributed by atoms with Crippen LogP contribution < -0.4 is 5.32 Å². The molecule has 0 amide bonds. The minimum absolute atomic E-state index is 0.327. The SMILES string of the molecule is CC1CCC(C)N1[S+]([O-])C1=CNC(F)C=C1. The summed E-state index contributed by atoms with van der Waals surface area (Å²) >= 11 is -1.18. The Hall–Kier alpha value is -0.520. The highest BCUT2D eigenvalue weighted by atomic mass is 32.2. The number of dihydropyridines is 1. The van der Waals surface area contributed by atoms with Crippen molar-refractivity contribution in [2.45, 2.75) is 45.1 Å². The van der Waals surface area contributed by atoms with Crippen LogP contribution in [-0.2, 0) is 11.4 Å². The first-order valence-corrected chi connectivity index (χ1v) is 6.69. The number of nitrogens with one attached hydrogen (secondary N) is 1. The molecule has 0 aliphatic carbocycles. The molecule has 2 aliphatic heterocycles. The maximum atomic E-state index is 12.8. The molecule has 0 saturated carbocycles. The van der Waals surface area contributed by atoms with Gasteiger partial charge in [-0.25, -0.2) is 4.39 Å². The van der Waals surface area contributed by atoms with Crippen molar-refractivity contribution >= 4 is 11.4 Å². The first-order valence-electron chi connectivity index (χ1n) is 5.58. The molecule has 1 saturated heterocycles. The molecule has 5 heteroatoms. The number of hydrogen-bond acceptors (Lipinski definition) is 3. The molecule has 2 rings (SSSR count). The van der Waals surface area contributed by atoms with Crippen LogP contribution in [0.25, 0.3) is 0 Å². The minimum atomic E-state index is -1.18. The average Bonchev–Trinajstić information content (AvgIpc) is 2.59. The predicted molar refractivity (Wildman–Crippen MR) is 63.4 cm³/mol. The summed E-state index contributed by atoms with van der Waals surface area (Å²) in [7, 11) is 0. The first kappa shape index (κ1) is 12.0. The molecule has 0 aromatic carbocycles. The third kappa shape index (κ3) is 2.26. The molecule has 90 valence electrons. The Labute approximate surface area is 98.7 Å². The fraction of sp³-hybridized carbons (Fsp3) is 0.636. The van der Waals surface area contributed by atoms with E-state index >= 15 is 0 Å². The second-order valence-electron chi connectivity index (χ2n) is 4.36. The van der Waals surface area contributed by atoms with Crippen molar-refractivity contribution in [3.63, 3.8) is 0 Å². The van der Waals surface area contributed by atoms with Gasteiger partial charge in [-0.3, -0.25) is 0 Å². The third-order valence-electron chi connectivity index (χ3n) is 3.08. The van der Waals surface area contributed by atoms with Crippen LogP contribution in [0.5, 0.6) is 0 Å². The zero-order valence-corrected chi connectivity index (χ0v) is 10.3. The molecule has 0 spiro atoms. The quantitative estimate of drug-likeness (QED) is 0.595. The number of nitrogens with zero attached hydrogens (tertiary/aromatic N) is 1. The lowest BCUT2D eigenvalue weighted by atomic mass is 10.2. The molecule has 4 unspecified atom stereocenters. The Morgan fingerprint density at radius 3 is 2.56 bits per heavy atom. The second kappa shape index (κ2) is 4.77. The van der Waals surface area contributed by atoms with Gasteiger partial charge in [0.2, 0.25) is 0 Å². The molecule has 16 heavy (non-hydrogen) atoms. The van der Waals surface area contributed by atoms with Gasteiger partial charge in [-0.2, -0.15) is 0 Å². The second-order valence-corrected chi connectivity index (χ2v) is 5.75. The summed E-state index contributed by atoms with van der Waals surface area (Å²) in [6.45, 7) is 4.17. The van der Waals surface area contributed by atoms with Crippen molar-refractivity contribution in [3.05, 3.63) is 23.3 Å². The minimum Gasteiger partial charge on any atom is -0.593 e. The summed E-state index contributed by atoms with van der Waals surface area (Å²) in [4.78, 5) is 0.648. The van der Waals surface area contributed by atoms with Gasteiger partial charge in [-0.1, -0.05) is 0 Å². The molecule has 3 nitrogen and oxygen atoms in total. The predicted octanol–water partition coefficient (Wildman–Crippen LogP) is 1.82. The van der Waals surface area contributed by atoms with Gasteiger partial charge in [0.15, 0.2) is 11.2 Å². The number of hydrogen-bond donors (Lipinski definition) is 1. The van der Waals surface area contributed by atoms with Crippen LogP contribution in [-0.4, -0.2) is 27.2 Å². The van der Waals surface area contributed by atoms with Gasteiger partial charge in [0.1, 0.15) is 0 Å². The largest absolute Gasteiger partial charge is 0.593 e. The molecule has 4 atom stereocenters. The highest BCUT2D eigenvalue weighted by molar-refractivity contribution is 7.93. The maximum absolute atomic E-state index is 12.8. The normalized spacial score (nSPS) is 37.0. The van der Waals surface area contributed by atoms with Gasteiger partial charge < -0.3 is 9.87 Å². The topological polar surface area (TPSA) is 38.3 Å². The fourth-order valence-electron chi connectivity index (χ4n) is 2.17. The van der Waals surface area contributed by atoms with Crippen LogP contribution in [0.4, 0.5) is 4.39 Å². The van der Waals surface area contributed by atoms with Crippen molar-refractivity contribution < 1.29 is 8.94 Å². The number of alkyl halides is 1. The van der Waals surface area contributed by atoms with E-state index < -0.39 is 17.7 Å². The highest BCUT2D eigenvalue weighted by Crippen LogP contribution is 2.30. The van der Waals surface area contributed by atoms with Crippen LogP contribution in [0.15, 0.2) is 23.3 Å². The van der Waals surface area contributed by atoms with E-state index in [0.29, 0.717) is 17.0 Å². The molecular weight excluding hydrogens is 227 g/mol. The van der Waals surface area contributed by atoms with E-state index in [1.807, 2.05) is 4.31 Å². The zero-order valence-electron chi connectivity index (χ0n) is 9.52. The number of rotatable bonds is 2. The monoisotopic (exact) mass is 244 g/mol. The van der Waals surface area contributed by atoms with E-state index in [4.69, 9.17) is 0 Å². The van der Waals surface area contributed by atoms with Gasteiger partial charge in [0.05, 0.1) is 29.6 Å². The Morgan fingerprint density at radius 1 is 1.44 bits per heavy atom. The summed E-state index contributed by atoms with van der Waals surface area (Å²) in [6.07, 6.45) is 5.49. The molecule has 0 bridgehead atoms. The molecule has 1 N–H and O–H groups in total. The molecule has 0 radical (unpaired) electrons. The van der Waals surface area contributed by atoms with Crippen molar-refractivity contribution in [1.29, 1.82) is 0 Å². The number of halogens is 1. The van der Waals surface area contributed by atoms with Gasteiger partial charge in [-0.05, 0) is 38.8 Å². The molecule has 0 aromatic rings. The maximum Gasteiger partial charge on any atom is 0.189 e. The Kier molecular flexibility index (Phi) is 3.56. The summed E-state index contributed by atoms with van der Waals surface area (Å²) in [5, 5.41) is 2.53. The smallest absolute Gasteiger partial charge is 0.189 e. The lowest BCUT2D eigenvalue weighted by molar-refractivity contribution is 0.351. The summed E-state index contributed by atoms with van der Waals surface area (Å²) < 4.78 is 27.1. The lowest BCUT2D eigenvalue weighted by Crippen LogP contribution is -2.39. The number of allylic oxidation sites excluding steroid dienone is 1. The van der Waals surface area contributed by atoms with Crippen molar-refractivity contribution in [2.24, 2.45) is 0 Å². The summed E-state index contributed by atoms with van der Waals surface area (Å²) in [5.74, 6) is 0. The molecule has 2 heterocycles. The van der Waals surface area contributed by atoms with Crippen LogP contribution >= 0.6 is 0 Å².